The lowest BCUT2D eigenvalue weighted by Gasteiger charge is -2.47. The van der Waals surface area contributed by atoms with Gasteiger partial charge in [-0.05, 0) is 80.5 Å². The van der Waals surface area contributed by atoms with Crippen LogP contribution >= 0.6 is 12.2 Å². The van der Waals surface area contributed by atoms with Gasteiger partial charge in [0, 0.05) is 28.5 Å². The summed E-state index contributed by atoms with van der Waals surface area (Å²) in [5, 5.41) is 11.3. The molecule has 5 nitrogen and oxygen atoms in total. The number of fused-ring (bicyclic) bond motifs is 3. The van der Waals surface area contributed by atoms with E-state index in [0.29, 0.717) is 29.2 Å². The smallest absolute Gasteiger partial charge is 0.339 e. The van der Waals surface area contributed by atoms with Gasteiger partial charge >= 0.3 is 5.97 Å². The summed E-state index contributed by atoms with van der Waals surface area (Å²) in [6.45, 7) is 10.9. The first-order valence-corrected chi connectivity index (χ1v) is 14.2. The molecule has 0 unspecified atom stereocenters. The quantitative estimate of drug-likeness (QED) is 0.150. The monoisotopic (exact) mass is 535 g/mol. The largest absolute Gasteiger partial charge is 0.508 e. The summed E-state index contributed by atoms with van der Waals surface area (Å²) in [5.41, 5.74) is 8.39. The number of ether oxygens (including phenoxy) is 2. The highest BCUT2D eigenvalue weighted by atomic mass is 32.1. The molecular weight excluding hydrogens is 494 g/mol. The minimum Gasteiger partial charge on any atom is -0.508 e. The van der Waals surface area contributed by atoms with Gasteiger partial charge < -0.3 is 20.3 Å². The Morgan fingerprint density at radius 3 is 2.55 bits per heavy atom. The number of unbranched alkanes of at least 4 members (excludes halogenated alkanes) is 3. The molecule has 6 heteroatoms. The molecule has 0 spiro atoms. The molecule has 2 atom stereocenters. The number of carbonyl (C=O) groups excluding carboxylic acids is 1. The summed E-state index contributed by atoms with van der Waals surface area (Å²) in [6, 6.07) is 10.9. The van der Waals surface area contributed by atoms with Crippen molar-refractivity contribution >= 4 is 23.2 Å². The van der Waals surface area contributed by atoms with E-state index in [1.165, 1.54) is 19.3 Å². The predicted octanol–water partition coefficient (Wildman–Crippen LogP) is 7.47. The van der Waals surface area contributed by atoms with Gasteiger partial charge in [-0.25, -0.2) is 4.79 Å². The van der Waals surface area contributed by atoms with Crippen LogP contribution in [0.25, 0.3) is 0 Å². The van der Waals surface area contributed by atoms with E-state index in [2.05, 4.69) is 40.7 Å². The number of hydrogen-bond donors (Lipinski definition) is 2. The normalized spacial score (nSPS) is 20.0. The number of allylic oxidation sites excluding steroid dienone is 1. The standard InChI is InChI=1S/C32H41NO4S/c1-6-7-8-9-16-31(2,3)22-18-26(34)28-24-17-21(12-15-25(24)32(4,5)37-27(28)19-22)30(35)36-23-13-10-20(11-14-23)29(33)38/h10-14,18-19,24-25,34H,6-9,15-17H2,1-5H3,(H2,33,38)/t24-,25-/m1/s1. The van der Waals surface area contributed by atoms with Gasteiger partial charge in [-0.3, -0.25) is 0 Å². The molecule has 1 aliphatic heterocycles. The van der Waals surface area contributed by atoms with Crippen LogP contribution in [0, 0.1) is 5.92 Å². The first kappa shape index (κ1) is 28.2. The van der Waals surface area contributed by atoms with Crippen molar-refractivity contribution in [3.8, 4) is 17.2 Å². The molecule has 0 saturated carbocycles. The molecule has 3 N–H and O–H groups in total. The van der Waals surface area contributed by atoms with Crippen molar-refractivity contribution in [2.75, 3.05) is 0 Å². The number of hydrogen-bond acceptors (Lipinski definition) is 5. The minimum absolute atomic E-state index is 0.0417. The van der Waals surface area contributed by atoms with Crippen molar-refractivity contribution in [3.63, 3.8) is 0 Å². The van der Waals surface area contributed by atoms with Crippen molar-refractivity contribution in [2.45, 2.75) is 96.5 Å². The number of rotatable bonds is 9. The Balaban J connectivity index is 1.57. The Morgan fingerprint density at radius 1 is 1.18 bits per heavy atom. The van der Waals surface area contributed by atoms with Crippen LogP contribution in [0.1, 0.15) is 102 Å². The summed E-state index contributed by atoms with van der Waals surface area (Å²) in [7, 11) is 0. The van der Waals surface area contributed by atoms with Crippen molar-refractivity contribution < 1.29 is 19.4 Å². The van der Waals surface area contributed by atoms with Gasteiger partial charge in [-0.1, -0.05) is 64.7 Å². The number of aromatic hydroxyl groups is 1. The van der Waals surface area contributed by atoms with Gasteiger partial charge in [0.05, 0.1) is 0 Å². The maximum atomic E-state index is 13.1. The number of nitrogens with two attached hydrogens (primary N) is 1. The molecule has 204 valence electrons. The summed E-state index contributed by atoms with van der Waals surface area (Å²) < 4.78 is 12.2. The Morgan fingerprint density at radius 2 is 1.89 bits per heavy atom. The van der Waals surface area contributed by atoms with Gasteiger partial charge in [-0.2, -0.15) is 0 Å². The van der Waals surface area contributed by atoms with Gasteiger partial charge in [0.2, 0.25) is 0 Å². The Bertz CT molecular complexity index is 1230. The van der Waals surface area contributed by atoms with Gasteiger partial charge in [0.25, 0.3) is 0 Å². The topological polar surface area (TPSA) is 81.8 Å². The second-order valence-electron chi connectivity index (χ2n) is 12.0. The minimum atomic E-state index is -0.434. The molecule has 4 rings (SSSR count). The second-order valence-corrected chi connectivity index (χ2v) is 12.4. The van der Waals surface area contributed by atoms with Crippen LogP contribution in [0.2, 0.25) is 0 Å². The van der Waals surface area contributed by atoms with E-state index in [0.717, 1.165) is 35.3 Å². The maximum Gasteiger partial charge on any atom is 0.339 e. The van der Waals surface area contributed by atoms with E-state index < -0.39 is 5.60 Å². The van der Waals surface area contributed by atoms with Crippen molar-refractivity contribution in [3.05, 3.63) is 64.7 Å². The lowest BCUT2D eigenvalue weighted by Crippen LogP contribution is -2.46. The average Bonchev–Trinajstić information content (AvgIpc) is 2.86. The third-order valence-corrected chi connectivity index (χ3v) is 8.58. The molecular formula is C32H41NO4S. The van der Waals surface area contributed by atoms with Gasteiger partial charge in [-0.15, -0.1) is 0 Å². The molecule has 1 aliphatic carbocycles. The Labute approximate surface area is 232 Å². The highest BCUT2D eigenvalue weighted by Crippen LogP contribution is 2.55. The molecule has 1 heterocycles. The number of phenolic OH excluding ortho intramolecular Hbond substituents is 1. The first-order chi connectivity index (χ1) is 17.9. The first-order valence-electron chi connectivity index (χ1n) is 13.8. The van der Waals surface area contributed by atoms with Gasteiger partial charge in [0.15, 0.2) is 0 Å². The van der Waals surface area contributed by atoms with E-state index >= 15 is 0 Å². The van der Waals surface area contributed by atoms with Crippen LogP contribution in [-0.2, 0) is 10.2 Å². The van der Waals surface area contributed by atoms with Crippen LogP contribution in [0.4, 0.5) is 0 Å². The van der Waals surface area contributed by atoms with Crippen molar-refractivity contribution in [2.24, 2.45) is 11.7 Å². The van der Waals surface area contributed by atoms with E-state index in [9.17, 15) is 9.90 Å². The third-order valence-electron chi connectivity index (χ3n) is 8.35. The molecule has 2 aromatic carbocycles. The SMILES string of the molecule is CCCCCCC(C)(C)c1cc(O)c2c(c1)OC(C)(C)[C@@H]1CC=C(C(=O)Oc3ccc(C(N)=S)cc3)C[C@@H]21. The Kier molecular flexibility index (Phi) is 8.22. The molecule has 38 heavy (non-hydrogen) atoms. The lowest BCUT2D eigenvalue weighted by atomic mass is 9.66. The van der Waals surface area contributed by atoms with Crippen molar-refractivity contribution in [1.29, 1.82) is 0 Å². The molecule has 0 amide bonds. The van der Waals surface area contributed by atoms with Gasteiger partial charge in [0.1, 0.15) is 27.8 Å². The van der Waals surface area contributed by atoms with E-state index in [4.69, 9.17) is 27.4 Å². The van der Waals surface area contributed by atoms with Crippen molar-refractivity contribution in [1.82, 2.24) is 0 Å². The van der Waals surface area contributed by atoms with E-state index in [1.54, 1.807) is 24.3 Å². The number of esters is 1. The van der Waals surface area contributed by atoms with Crippen LogP contribution < -0.4 is 15.2 Å². The van der Waals surface area contributed by atoms with Crippen LogP contribution in [0.3, 0.4) is 0 Å². The molecule has 2 aromatic rings. The molecule has 0 saturated heterocycles. The molecule has 0 fully saturated rings. The molecule has 0 bridgehead atoms. The molecule has 2 aliphatic rings. The number of phenols is 1. The van der Waals surface area contributed by atoms with E-state index in [-0.39, 0.29) is 29.0 Å². The fourth-order valence-corrected chi connectivity index (χ4v) is 6.09. The fraction of sp³-hybridized carbons (Fsp3) is 0.500. The maximum absolute atomic E-state index is 13.1. The van der Waals surface area contributed by atoms with Crippen LogP contribution in [0.5, 0.6) is 17.2 Å². The molecule has 0 aromatic heterocycles. The Hall–Kier alpha value is -2.86. The third kappa shape index (κ3) is 5.90. The average molecular weight is 536 g/mol. The zero-order valence-electron chi connectivity index (χ0n) is 23.3. The highest BCUT2D eigenvalue weighted by Gasteiger charge is 2.47. The second kappa shape index (κ2) is 11.1. The summed E-state index contributed by atoms with van der Waals surface area (Å²) in [6.07, 6.45) is 9.02. The van der Waals surface area contributed by atoms with Crippen LogP contribution in [-0.4, -0.2) is 21.7 Å². The van der Waals surface area contributed by atoms with Crippen LogP contribution in [0.15, 0.2) is 48.0 Å². The predicted molar refractivity (Wildman–Crippen MR) is 156 cm³/mol. The fourth-order valence-electron chi connectivity index (χ4n) is 5.95. The lowest BCUT2D eigenvalue weighted by molar-refractivity contribution is -0.130. The van der Waals surface area contributed by atoms with E-state index in [1.807, 2.05) is 12.1 Å². The number of carbonyl (C=O) groups is 1. The summed E-state index contributed by atoms with van der Waals surface area (Å²) >= 11 is 5.00. The zero-order chi connectivity index (χ0) is 27.7. The number of thiocarbonyl (C=S) groups is 1. The number of benzene rings is 2. The molecule has 0 radical (unpaired) electrons. The highest BCUT2D eigenvalue weighted by molar-refractivity contribution is 7.80. The zero-order valence-corrected chi connectivity index (χ0v) is 24.1. The summed E-state index contributed by atoms with van der Waals surface area (Å²) in [4.78, 5) is 13.4. The summed E-state index contributed by atoms with van der Waals surface area (Å²) in [5.74, 6) is 1.15.